The number of morpholine rings is 1. The standard InChI is InChI=1S/C19H21N3O/c1-14-3-6-16(7-4-14)22-18-13-15(2)5-8-17(18)20-19(22)21-9-11-23-12-10-21/h3-8,13H,9-12H2,1-2H3. The lowest BCUT2D eigenvalue weighted by Crippen LogP contribution is -2.37. The molecule has 0 N–H and O–H groups in total. The molecular weight excluding hydrogens is 286 g/mol. The molecule has 118 valence electrons. The van der Waals surface area contributed by atoms with Crippen molar-refractivity contribution in [2.75, 3.05) is 31.2 Å². The second-order valence-electron chi connectivity index (χ2n) is 6.17. The normalized spacial score (nSPS) is 15.3. The van der Waals surface area contributed by atoms with Gasteiger partial charge in [-0.2, -0.15) is 0 Å². The maximum Gasteiger partial charge on any atom is 0.211 e. The molecule has 0 unspecified atom stereocenters. The Kier molecular flexibility index (Phi) is 3.54. The van der Waals surface area contributed by atoms with Gasteiger partial charge in [0.2, 0.25) is 5.95 Å². The number of benzene rings is 2. The van der Waals surface area contributed by atoms with Crippen molar-refractivity contribution >= 4 is 17.0 Å². The summed E-state index contributed by atoms with van der Waals surface area (Å²) in [5.41, 5.74) is 5.87. The largest absolute Gasteiger partial charge is 0.378 e. The highest BCUT2D eigenvalue weighted by Gasteiger charge is 2.20. The van der Waals surface area contributed by atoms with E-state index < -0.39 is 0 Å². The van der Waals surface area contributed by atoms with Crippen LogP contribution in [-0.2, 0) is 4.74 Å². The summed E-state index contributed by atoms with van der Waals surface area (Å²) >= 11 is 0. The highest BCUT2D eigenvalue weighted by molar-refractivity contribution is 5.82. The Bertz CT molecular complexity index is 830. The number of anilines is 1. The van der Waals surface area contributed by atoms with E-state index in [1.54, 1.807) is 0 Å². The molecule has 2 heterocycles. The molecule has 1 aliphatic rings. The molecule has 1 saturated heterocycles. The molecule has 4 rings (SSSR count). The van der Waals surface area contributed by atoms with E-state index in [2.05, 4.69) is 65.8 Å². The smallest absolute Gasteiger partial charge is 0.211 e. The number of fused-ring (bicyclic) bond motifs is 1. The average molecular weight is 307 g/mol. The molecule has 2 aromatic carbocycles. The van der Waals surface area contributed by atoms with Crippen molar-refractivity contribution < 1.29 is 4.74 Å². The molecule has 4 nitrogen and oxygen atoms in total. The second-order valence-corrected chi connectivity index (χ2v) is 6.17. The maximum atomic E-state index is 5.50. The molecule has 0 spiro atoms. The van der Waals surface area contributed by atoms with Crippen LogP contribution in [0.1, 0.15) is 11.1 Å². The molecule has 0 radical (unpaired) electrons. The Morgan fingerprint density at radius 2 is 1.61 bits per heavy atom. The van der Waals surface area contributed by atoms with Gasteiger partial charge in [-0.1, -0.05) is 23.8 Å². The van der Waals surface area contributed by atoms with Crippen LogP contribution in [0.4, 0.5) is 5.95 Å². The minimum absolute atomic E-state index is 0.760. The second kappa shape index (κ2) is 5.70. The zero-order valence-corrected chi connectivity index (χ0v) is 13.6. The molecule has 0 bridgehead atoms. The van der Waals surface area contributed by atoms with Crippen LogP contribution in [0.5, 0.6) is 0 Å². The van der Waals surface area contributed by atoms with Crippen LogP contribution >= 0.6 is 0 Å². The highest BCUT2D eigenvalue weighted by Crippen LogP contribution is 2.28. The molecule has 1 aliphatic heterocycles. The highest BCUT2D eigenvalue weighted by atomic mass is 16.5. The zero-order chi connectivity index (χ0) is 15.8. The monoisotopic (exact) mass is 307 g/mol. The number of nitrogens with zero attached hydrogens (tertiary/aromatic N) is 3. The van der Waals surface area contributed by atoms with Gasteiger partial charge in [0.25, 0.3) is 0 Å². The van der Waals surface area contributed by atoms with E-state index in [0.29, 0.717) is 0 Å². The van der Waals surface area contributed by atoms with E-state index in [0.717, 1.165) is 49.0 Å². The quantitative estimate of drug-likeness (QED) is 0.726. The fraction of sp³-hybridized carbons (Fsp3) is 0.316. The molecule has 0 aliphatic carbocycles. The predicted molar refractivity (Wildman–Crippen MR) is 93.6 cm³/mol. The number of aromatic nitrogens is 2. The number of rotatable bonds is 2. The lowest BCUT2D eigenvalue weighted by molar-refractivity contribution is 0.122. The number of hydrogen-bond donors (Lipinski definition) is 0. The molecule has 1 aromatic heterocycles. The summed E-state index contributed by atoms with van der Waals surface area (Å²) < 4.78 is 7.77. The minimum Gasteiger partial charge on any atom is -0.378 e. The molecular formula is C19H21N3O. The van der Waals surface area contributed by atoms with Crippen LogP contribution in [0, 0.1) is 13.8 Å². The van der Waals surface area contributed by atoms with Crippen molar-refractivity contribution in [1.29, 1.82) is 0 Å². The third kappa shape index (κ3) is 2.59. The number of imidazole rings is 1. The van der Waals surface area contributed by atoms with Crippen LogP contribution in [0.25, 0.3) is 16.7 Å². The Morgan fingerprint density at radius 3 is 2.35 bits per heavy atom. The van der Waals surface area contributed by atoms with Crippen molar-refractivity contribution in [3.63, 3.8) is 0 Å². The molecule has 23 heavy (non-hydrogen) atoms. The van der Waals surface area contributed by atoms with Gasteiger partial charge in [-0.15, -0.1) is 0 Å². The van der Waals surface area contributed by atoms with Gasteiger partial charge < -0.3 is 9.64 Å². The van der Waals surface area contributed by atoms with Crippen molar-refractivity contribution in [2.45, 2.75) is 13.8 Å². The van der Waals surface area contributed by atoms with Crippen LogP contribution in [0.3, 0.4) is 0 Å². The number of ether oxygens (including phenoxy) is 1. The number of hydrogen-bond acceptors (Lipinski definition) is 3. The van der Waals surface area contributed by atoms with Gasteiger partial charge in [0.1, 0.15) is 0 Å². The summed E-state index contributed by atoms with van der Waals surface area (Å²) in [6.07, 6.45) is 0. The summed E-state index contributed by atoms with van der Waals surface area (Å²) in [5.74, 6) is 1.01. The summed E-state index contributed by atoms with van der Waals surface area (Å²) in [6.45, 7) is 7.53. The lowest BCUT2D eigenvalue weighted by Gasteiger charge is -2.28. The van der Waals surface area contributed by atoms with Gasteiger partial charge in [0.05, 0.1) is 24.2 Å². The topological polar surface area (TPSA) is 30.3 Å². The van der Waals surface area contributed by atoms with Crippen LogP contribution in [0.15, 0.2) is 42.5 Å². The fourth-order valence-corrected chi connectivity index (χ4v) is 3.10. The fourth-order valence-electron chi connectivity index (χ4n) is 3.10. The maximum absolute atomic E-state index is 5.50. The molecule has 0 amide bonds. The van der Waals surface area contributed by atoms with Crippen LogP contribution < -0.4 is 4.90 Å². The van der Waals surface area contributed by atoms with Crippen LogP contribution in [0.2, 0.25) is 0 Å². The first-order valence-electron chi connectivity index (χ1n) is 8.11. The van der Waals surface area contributed by atoms with Gasteiger partial charge in [0, 0.05) is 18.8 Å². The van der Waals surface area contributed by atoms with Gasteiger partial charge >= 0.3 is 0 Å². The first-order valence-corrected chi connectivity index (χ1v) is 8.11. The molecule has 1 fully saturated rings. The first-order chi connectivity index (χ1) is 11.2. The van der Waals surface area contributed by atoms with Crippen molar-refractivity contribution in [3.05, 3.63) is 53.6 Å². The summed E-state index contributed by atoms with van der Waals surface area (Å²) in [5, 5.41) is 0. The minimum atomic E-state index is 0.760. The predicted octanol–water partition coefficient (Wildman–Crippen LogP) is 3.48. The lowest BCUT2D eigenvalue weighted by atomic mass is 10.2. The van der Waals surface area contributed by atoms with Crippen molar-refractivity contribution in [3.8, 4) is 5.69 Å². The Morgan fingerprint density at radius 1 is 0.913 bits per heavy atom. The van der Waals surface area contributed by atoms with E-state index in [9.17, 15) is 0 Å². The average Bonchev–Trinajstić information content (AvgIpc) is 2.95. The third-order valence-corrected chi connectivity index (χ3v) is 4.38. The van der Waals surface area contributed by atoms with Gasteiger partial charge in [-0.25, -0.2) is 4.98 Å². The van der Waals surface area contributed by atoms with E-state index >= 15 is 0 Å². The van der Waals surface area contributed by atoms with E-state index in [1.807, 2.05) is 0 Å². The third-order valence-electron chi connectivity index (χ3n) is 4.38. The van der Waals surface area contributed by atoms with E-state index in [-0.39, 0.29) is 0 Å². The van der Waals surface area contributed by atoms with Crippen molar-refractivity contribution in [1.82, 2.24) is 9.55 Å². The SMILES string of the molecule is Cc1ccc(-n2c(N3CCOCC3)nc3ccc(C)cc32)cc1. The summed E-state index contributed by atoms with van der Waals surface area (Å²) in [4.78, 5) is 7.23. The summed E-state index contributed by atoms with van der Waals surface area (Å²) in [7, 11) is 0. The van der Waals surface area contributed by atoms with Gasteiger partial charge in [-0.05, 0) is 43.7 Å². The first kappa shape index (κ1) is 14.3. The molecule has 3 aromatic rings. The summed E-state index contributed by atoms with van der Waals surface area (Å²) in [6, 6.07) is 15.1. The molecule has 0 saturated carbocycles. The Balaban J connectivity index is 1.93. The zero-order valence-electron chi connectivity index (χ0n) is 13.6. The van der Waals surface area contributed by atoms with Gasteiger partial charge in [-0.3, -0.25) is 4.57 Å². The van der Waals surface area contributed by atoms with E-state index in [1.165, 1.54) is 11.1 Å². The Labute approximate surface area is 136 Å². The van der Waals surface area contributed by atoms with Gasteiger partial charge in [0.15, 0.2) is 0 Å². The van der Waals surface area contributed by atoms with Crippen LogP contribution in [-0.4, -0.2) is 35.9 Å². The molecule has 0 atom stereocenters. The van der Waals surface area contributed by atoms with Crippen molar-refractivity contribution in [2.24, 2.45) is 0 Å². The number of aryl methyl sites for hydroxylation is 2. The van der Waals surface area contributed by atoms with E-state index in [4.69, 9.17) is 9.72 Å². The Hall–Kier alpha value is -2.33. The molecule has 4 heteroatoms.